The van der Waals surface area contributed by atoms with Crippen LogP contribution in [0.1, 0.15) is 5.56 Å². The first kappa shape index (κ1) is 17.6. The fourth-order valence-electron chi connectivity index (χ4n) is 1.67. The van der Waals surface area contributed by atoms with Crippen LogP contribution in [0.4, 0.5) is 14.5 Å². The van der Waals surface area contributed by atoms with Gasteiger partial charge in [-0.1, -0.05) is 12.1 Å². The Kier molecular flexibility index (Phi) is 6.44. The average molecular weight is 353 g/mol. The highest BCUT2D eigenvalue weighted by Crippen LogP contribution is 2.25. The molecular weight excluding hydrogens is 340 g/mol. The van der Waals surface area contributed by atoms with Crippen LogP contribution in [0.25, 0.3) is 6.08 Å². The molecular formula is C16H13F2NO4S. The summed E-state index contributed by atoms with van der Waals surface area (Å²) in [5, 5.41) is 6.05. The van der Waals surface area contributed by atoms with Gasteiger partial charge in [0.1, 0.15) is 5.75 Å². The monoisotopic (exact) mass is 353 g/mol. The number of alkyl halides is 2. The molecule has 0 aliphatic carbocycles. The molecule has 1 heterocycles. The Labute approximate surface area is 140 Å². The fraction of sp³-hybridized carbons (Fsp3) is 0.125. The van der Waals surface area contributed by atoms with Crippen LogP contribution in [0.5, 0.6) is 5.75 Å². The first-order valence-electron chi connectivity index (χ1n) is 6.75. The number of carbonyl (C=O) groups is 2. The number of amides is 1. The highest BCUT2D eigenvalue weighted by atomic mass is 32.1. The lowest BCUT2D eigenvalue weighted by atomic mass is 10.3. The van der Waals surface area contributed by atoms with Crippen molar-refractivity contribution in [3.63, 3.8) is 0 Å². The van der Waals surface area contributed by atoms with Gasteiger partial charge in [-0.05, 0) is 40.6 Å². The van der Waals surface area contributed by atoms with Crippen molar-refractivity contribution >= 4 is 35.0 Å². The number of hydrogen-bond acceptors (Lipinski definition) is 5. The van der Waals surface area contributed by atoms with E-state index in [9.17, 15) is 18.4 Å². The highest BCUT2D eigenvalue weighted by Gasteiger charge is 2.12. The molecule has 0 aliphatic heterocycles. The van der Waals surface area contributed by atoms with Crippen LogP contribution in [-0.2, 0) is 14.3 Å². The van der Waals surface area contributed by atoms with E-state index < -0.39 is 25.1 Å². The number of para-hydroxylation sites is 2. The van der Waals surface area contributed by atoms with Crippen LogP contribution in [0.15, 0.2) is 47.2 Å². The molecule has 0 aliphatic rings. The topological polar surface area (TPSA) is 64.6 Å². The van der Waals surface area contributed by atoms with E-state index in [4.69, 9.17) is 4.74 Å². The van der Waals surface area contributed by atoms with Gasteiger partial charge in [0.15, 0.2) is 6.61 Å². The first-order chi connectivity index (χ1) is 11.5. The van der Waals surface area contributed by atoms with Crippen molar-refractivity contribution < 1.29 is 27.8 Å². The molecule has 0 spiro atoms. The molecule has 0 unspecified atom stereocenters. The Morgan fingerprint density at radius 1 is 1.25 bits per heavy atom. The highest BCUT2D eigenvalue weighted by molar-refractivity contribution is 7.08. The maximum Gasteiger partial charge on any atom is 0.387 e. The second-order valence-electron chi connectivity index (χ2n) is 4.42. The normalized spacial score (nSPS) is 10.8. The van der Waals surface area contributed by atoms with Crippen LogP contribution < -0.4 is 10.1 Å². The van der Waals surface area contributed by atoms with E-state index in [1.807, 2.05) is 16.8 Å². The third-order valence-corrected chi connectivity index (χ3v) is 3.38. The SMILES string of the molecule is O=C(COC(=O)/C=C/c1ccsc1)Nc1ccccc1OC(F)F. The molecule has 5 nitrogen and oxygen atoms in total. The van der Waals surface area contributed by atoms with Crippen LogP contribution >= 0.6 is 11.3 Å². The lowest BCUT2D eigenvalue weighted by Crippen LogP contribution is -2.20. The van der Waals surface area contributed by atoms with Crippen molar-refractivity contribution in [3.05, 3.63) is 52.7 Å². The Bertz CT molecular complexity index is 717. The molecule has 1 N–H and O–H groups in total. The van der Waals surface area contributed by atoms with Crippen molar-refractivity contribution in [1.82, 2.24) is 0 Å². The van der Waals surface area contributed by atoms with Gasteiger partial charge in [0.2, 0.25) is 0 Å². The summed E-state index contributed by atoms with van der Waals surface area (Å²) in [6.45, 7) is -3.56. The predicted octanol–water partition coefficient (Wildman–Crippen LogP) is 3.54. The molecule has 0 atom stereocenters. The minimum atomic E-state index is -3.01. The molecule has 2 aromatic rings. The van der Waals surface area contributed by atoms with Gasteiger partial charge in [-0.25, -0.2) is 4.79 Å². The number of carbonyl (C=O) groups excluding carboxylic acids is 2. The van der Waals surface area contributed by atoms with Crippen LogP contribution in [0, 0.1) is 0 Å². The van der Waals surface area contributed by atoms with Gasteiger partial charge < -0.3 is 14.8 Å². The van der Waals surface area contributed by atoms with Crippen molar-refractivity contribution in [3.8, 4) is 5.75 Å². The van der Waals surface area contributed by atoms with Gasteiger partial charge in [-0.3, -0.25) is 4.79 Å². The number of benzene rings is 1. The minimum absolute atomic E-state index is 0.0627. The van der Waals surface area contributed by atoms with E-state index in [0.717, 1.165) is 5.56 Å². The lowest BCUT2D eigenvalue weighted by Gasteiger charge is -2.11. The van der Waals surface area contributed by atoms with Gasteiger partial charge in [-0.2, -0.15) is 20.1 Å². The molecule has 1 aromatic heterocycles. The Morgan fingerprint density at radius 2 is 2.04 bits per heavy atom. The third kappa shape index (κ3) is 5.81. The molecule has 126 valence electrons. The quantitative estimate of drug-likeness (QED) is 0.611. The molecule has 8 heteroatoms. The van der Waals surface area contributed by atoms with Crippen LogP contribution in [-0.4, -0.2) is 25.1 Å². The van der Waals surface area contributed by atoms with Crippen LogP contribution in [0.2, 0.25) is 0 Å². The molecule has 0 radical (unpaired) electrons. The summed E-state index contributed by atoms with van der Waals surface area (Å²) in [5.74, 6) is -1.53. The van der Waals surface area contributed by atoms with E-state index in [0.29, 0.717) is 0 Å². The van der Waals surface area contributed by atoms with Crippen molar-refractivity contribution in [1.29, 1.82) is 0 Å². The summed E-state index contributed by atoms with van der Waals surface area (Å²) in [6, 6.07) is 7.54. The molecule has 0 saturated heterocycles. The smallest absolute Gasteiger partial charge is 0.387 e. The van der Waals surface area contributed by atoms with Crippen LogP contribution in [0.3, 0.4) is 0 Å². The first-order valence-corrected chi connectivity index (χ1v) is 7.69. The van der Waals surface area contributed by atoms with E-state index >= 15 is 0 Å². The van der Waals surface area contributed by atoms with Gasteiger partial charge in [0.25, 0.3) is 5.91 Å². The summed E-state index contributed by atoms with van der Waals surface area (Å²) in [7, 11) is 0. The number of halogens is 2. The Hall–Kier alpha value is -2.74. The minimum Gasteiger partial charge on any atom is -0.452 e. The van der Waals surface area contributed by atoms with E-state index in [-0.39, 0.29) is 11.4 Å². The molecule has 2 rings (SSSR count). The van der Waals surface area contributed by atoms with Gasteiger partial charge >= 0.3 is 12.6 Å². The zero-order valence-corrected chi connectivity index (χ0v) is 13.1. The number of nitrogens with one attached hydrogen (secondary N) is 1. The number of thiophene rings is 1. The molecule has 0 bridgehead atoms. The molecule has 0 saturated carbocycles. The Morgan fingerprint density at radius 3 is 2.75 bits per heavy atom. The number of hydrogen-bond donors (Lipinski definition) is 1. The van der Waals surface area contributed by atoms with Crippen molar-refractivity contribution in [2.24, 2.45) is 0 Å². The number of rotatable bonds is 7. The van der Waals surface area contributed by atoms with Crippen molar-refractivity contribution in [2.45, 2.75) is 6.61 Å². The number of ether oxygens (including phenoxy) is 2. The second-order valence-corrected chi connectivity index (χ2v) is 5.20. The molecule has 24 heavy (non-hydrogen) atoms. The largest absolute Gasteiger partial charge is 0.452 e. The summed E-state index contributed by atoms with van der Waals surface area (Å²) >= 11 is 1.48. The summed E-state index contributed by atoms with van der Waals surface area (Å²) in [6.07, 6.45) is 2.76. The van der Waals surface area contributed by atoms with E-state index in [2.05, 4.69) is 10.1 Å². The number of anilines is 1. The second kappa shape index (κ2) is 8.78. The molecule has 1 amide bonds. The predicted molar refractivity (Wildman–Crippen MR) is 86.0 cm³/mol. The lowest BCUT2D eigenvalue weighted by molar-refractivity contribution is -0.142. The van der Waals surface area contributed by atoms with Crippen molar-refractivity contribution in [2.75, 3.05) is 11.9 Å². The Balaban J connectivity index is 1.84. The average Bonchev–Trinajstić information content (AvgIpc) is 3.06. The fourth-order valence-corrected chi connectivity index (χ4v) is 2.30. The zero-order valence-electron chi connectivity index (χ0n) is 12.3. The number of esters is 1. The van der Waals surface area contributed by atoms with E-state index in [1.54, 1.807) is 12.1 Å². The molecule has 1 aromatic carbocycles. The maximum atomic E-state index is 12.3. The van der Waals surface area contributed by atoms with Gasteiger partial charge in [0, 0.05) is 6.08 Å². The zero-order chi connectivity index (χ0) is 17.4. The third-order valence-electron chi connectivity index (χ3n) is 2.68. The molecule has 0 fully saturated rings. The van der Waals surface area contributed by atoms with E-state index in [1.165, 1.54) is 35.6 Å². The van der Waals surface area contributed by atoms with Gasteiger partial charge in [-0.15, -0.1) is 0 Å². The summed E-state index contributed by atoms with van der Waals surface area (Å²) in [4.78, 5) is 23.2. The summed E-state index contributed by atoms with van der Waals surface area (Å²) in [5.41, 5.74) is 0.909. The maximum absolute atomic E-state index is 12.3. The standard InChI is InChI=1S/C16H13F2NO4S/c17-16(18)23-13-4-2-1-3-12(13)19-14(20)9-22-15(21)6-5-11-7-8-24-10-11/h1-8,10,16H,9H2,(H,19,20)/b6-5+. The van der Waals surface area contributed by atoms with Gasteiger partial charge in [0.05, 0.1) is 5.69 Å². The summed E-state index contributed by atoms with van der Waals surface area (Å²) < 4.78 is 33.6.